The fourth-order valence-corrected chi connectivity index (χ4v) is 12.9. The molecule has 17 nitrogen and oxygen atoms in total. The molecule has 2 amide bonds. The van der Waals surface area contributed by atoms with E-state index in [0.717, 1.165) is 55.7 Å². The van der Waals surface area contributed by atoms with Gasteiger partial charge in [0.1, 0.15) is 19.0 Å². The molecule has 0 aromatic heterocycles. The van der Waals surface area contributed by atoms with Crippen molar-refractivity contribution in [1.29, 1.82) is 0 Å². The summed E-state index contributed by atoms with van der Waals surface area (Å²) in [5, 5.41) is 2.96. The average Bonchev–Trinajstić information content (AvgIpc) is 3.63. The molecular weight excluding hydrogens is 945 g/mol. The number of carbonyl (C=O) groups is 3. The van der Waals surface area contributed by atoms with Crippen LogP contribution in [0.3, 0.4) is 0 Å². The van der Waals surface area contributed by atoms with Gasteiger partial charge in [-0.2, -0.15) is 16.8 Å². The lowest BCUT2D eigenvalue weighted by atomic mass is 9.87. The second-order valence-electron chi connectivity index (χ2n) is 16.7. The highest BCUT2D eigenvalue weighted by Gasteiger charge is 2.44. The Bertz CT molecular complexity index is 2900. The Morgan fingerprint density at radius 3 is 2.12 bits per heavy atom. The monoisotopic (exact) mass is 1000 g/mol. The number of hydroxylamine groups is 2. The van der Waals surface area contributed by atoms with Crippen LogP contribution in [0.5, 0.6) is 0 Å². The predicted octanol–water partition coefficient (Wildman–Crippen LogP) is 4.59. The molecule has 0 saturated carbocycles. The zero-order valence-corrected chi connectivity index (χ0v) is 41.7. The van der Waals surface area contributed by atoms with Crippen molar-refractivity contribution in [2.24, 2.45) is 0 Å². The smallest absolute Gasteiger partial charge is 0.335 e. The van der Waals surface area contributed by atoms with Crippen LogP contribution < -0.4 is 10.1 Å². The topological polar surface area (TPSA) is 210 Å². The summed E-state index contributed by atoms with van der Waals surface area (Å²) < 4.78 is 88.4. The van der Waals surface area contributed by atoms with Gasteiger partial charge in [0, 0.05) is 57.0 Å². The molecule has 0 radical (unpaired) electrons. The summed E-state index contributed by atoms with van der Waals surface area (Å²) in [6.45, 7) is 12.4. The molecule has 366 valence electrons. The Hall–Kier alpha value is -6.10. The van der Waals surface area contributed by atoms with Crippen molar-refractivity contribution >= 4 is 68.3 Å². The lowest BCUT2D eigenvalue weighted by Crippen LogP contribution is -2.52. The third-order valence-electron chi connectivity index (χ3n) is 11.8. The van der Waals surface area contributed by atoms with E-state index in [-0.39, 0.29) is 76.1 Å². The van der Waals surface area contributed by atoms with Gasteiger partial charge < -0.3 is 28.8 Å². The standard InChI is InChI=1S/C49H56N4O13S2Si/c1-8-69(9-2)44-30-36(50(4)5)16-19-41(44)48(42-20-17-37(51(6)7)31-45(42)69)39-12-10-11-13-40(39)49(56)52(33-35-15-18-38(67(57,58)59)32-43(35)68(60,61)62)23-25-64-27-29-65-28-26-63-24-22-47(55)66-53-34(3)14-21-46(53)54/h8-13,15-20,30-32H,1-3,14,21-29,33H2,4-7H3,(H-,57,58,59,60,61,62)/p+1. The molecule has 0 atom stereocenters. The molecule has 3 aliphatic rings. The van der Waals surface area contributed by atoms with Crippen LogP contribution in [-0.4, -0.2) is 146 Å². The summed E-state index contributed by atoms with van der Waals surface area (Å²) in [6.07, 6.45) is 6.78. The molecule has 1 saturated heterocycles. The van der Waals surface area contributed by atoms with E-state index >= 15 is 4.79 Å². The zero-order chi connectivity index (χ0) is 50.3. The third kappa shape index (κ3) is 11.8. The van der Waals surface area contributed by atoms with Gasteiger partial charge in [-0.3, -0.25) is 18.7 Å². The van der Waals surface area contributed by atoms with Crippen LogP contribution in [0, 0.1) is 0 Å². The summed E-state index contributed by atoms with van der Waals surface area (Å²) in [7, 11) is -4.97. The molecule has 69 heavy (non-hydrogen) atoms. The van der Waals surface area contributed by atoms with Crippen molar-refractivity contribution in [2.75, 3.05) is 79.3 Å². The molecule has 6 rings (SSSR count). The SMILES string of the molecule is C=C[Si]1(C=C)C2=CC(=[N+](C)C)C=CC2=C(c2ccccc2C(=O)N(CCOCCOCCOCCC(=O)ON2C(=C)CCC2=O)Cc2ccc(S(=O)(=O)O)cc2S(=O)(=O)O)c2ccc(N(C)C)cc21. The number of rotatable bonds is 22. The van der Waals surface area contributed by atoms with E-state index in [1.165, 1.54) is 4.90 Å². The molecule has 1 aliphatic carbocycles. The second kappa shape index (κ2) is 22.1. The Morgan fingerprint density at radius 1 is 0.841 bits per heavy atom. The van der Waals surface area contributed by atoms with Gasteiger partial charge in [0.25, 0.3) is 32.1 Å². The van der Waals surface area contributed by atoms with Gasteiger partial charge >= 0.3 is 5.97 Å². The molecule has 0 unspecified atom stereocenters. The fraction of sp³-hybridized carbons (Fsp3) is 0.306. The molecule has 2 N–H and O–H groups in total. The van der Waals surface area contributed by atoms with E-state index in [2.05, 4.69) is 31.9 Å². The second-order valence-corrected chi connectivity index (χ2v) is 23.1. The van der Waals surface area contributed by atoms with Gasteiger partial charge in [-0.05, 0) is 81.0 Å². The molecular formula is C49H57N4O13S2Si+. The zero-order valence-electron chi connectivity index (χ0n) is 39.1. The van der Waals surface area contributed by atoms with Crippen LogP contribution in [-0.2, 0) is 55.4 Å². The number of amides is 2. The van der Waals surface area contributed by atoms with Crippen LogP contribution in [0.4, 0.5) is 5.69 Å². The van der Waals surface area contributed by atoms with E-state index in [1.54, 1.807) is 12.1 Å². The number of fused-ring (bicyclic) bond motifs is 2. The summed E-state index contributed by atoms with van der Waals surface area (Å²) >= 11 is 0. The number of benzene rings is 3. The van der Waals surface area contributed by atoms with Crippen molar-refractivity contribution in [3.63, 3.8) is 0 Å². The predicted molar refractivity (Wildman–Crippen MR) is 263 cm³/mol. The Morgan fingerprint density at radius 2 is 1.51 bits per heavy atom. The molecule has 1 fully saturated rings. The fourth-order valence-electron chi connectivity index (χ4n) is 8.19. The number of allylic oxidation sites excluding steroid dienone is 6. The number of ether oxygens (including phenoxy) is 3. The van der Waals surface area contributed by atoms with Crippen molar-refractivity contribution in [2.45, 2.75) is 35.6 Å². The van der Waals surface area contributed by atoms with Gasteiger partial charge in [0.15, 0.2) is 13.8 Å². The van der Waals surface area contributed by atoms with Gasteiger partial charge in [0.2, 0.25) is 0 Å². The highest BCUT2D eigenvalue weighted by atomic mass is 32.2. The van der Waals surface area contributed by atoms with Crippen molar-refractivity contribution in [1.82, 2.24) is 9.96 Å². The first-order valence-electron chi connectivity index (χ1n) is 21.9. The molecule has 3 aromatic carbocycles. The third-order valence-corrected chi connectivity index (χ3v) is 17.5. The first-order chi connectivity index (χ1) is 32.7. The van der Waals surface area contributed by atoms with E-state index in [1.807, 2.05) is 85.5 Å². The lowest BCUT2D eigenvalue weighted by Gasteiger charge is -2.39. The first kappa shape index (κ1) is 52.3. The lowest BCUT2D eigenvalue weighted by molar-refractivity contribution is -0.462. The Labute approximate surface area is 404 Å². The maximum absolute atomic E-state index is 15.2. The van der Waals surface area contributed by atoms with Gasteiger partial charge in [-0.1, -0.05) is 48.3 Å². The van der Waals surface area contributed by atoms with E-state index in [9.17, 15) is 35.5 Å². The minimum absolute atomic E-state index is 0.0389. The first-order valence-corrected chi connectivity index (χ1v) is 26.9. The minimum Gasteiger partial charge on any atom is -0.378 e. The molecule has 0 spiro atoms. The van der Waals surface area contributed by atoms with E-state index < -0.39 is 56.5 Å². The number of hydrogen-bond acceptors (Lipinski definition) is 12. The maximum atomic E-state index is 15.2. The van der Waals surface area contributed by atoms with Crippen LogP contribution in [0.1, 0.15) is 46.3 Å². The number of nitrogens with zero attached hydrogens (tertiary/aromatic N) is 4. The summed E-state index contributed by atoms with van der Waals surface area (Å²) in [4.78, 5) is 45.9. The Balaban J connectivity index is 1.27. The average molecular weight is 1000 g/mol. The minimum atomic E-state index is -5.07. The van der Waals surface area contributed by atoms with Gasteiger partial charge in [0.05, 0.1) is 56.7 Å². The van der Waals surface area contributed by atoms with Crippen LogP contribution in [0.15, 0.2) is 136 Å². The van der Waals surface area contributed by atoms with Crippen molar-refractivity contribution < 1.29 is 63.9 Å². The van der Waals surface area contributed by atoms with Crippen LogP contribution in [0.2, 0.25) is 0 Å². The number of anilines is 1. The largest absolute Gasteiger partial charge is 0.378 e. The summed E-state index contributed by atoms with van der Waals surface area (Å²) in [6, 6.07) is 16.0. The number of carbonyl (C=O) groups excluding carboxylic acids is 3. The summed E-state index contributed by atoms with van der Waals surface area (Å²) in [5.74, 6) is -1.49. The van der Waals surface area contributed by atoms with Crippen molar-refractivity contribution in [3.05, 3.63) is 149 Å². The molecule has 0 bridgehead atoms. The molecule has 3 aromatic rings. The molecule has 2 aliphatic heterocycles. The Kier molecular flexibility index (Phi) is 16.7. The quantitative estimate of drug-likeness (QED) is 0.0611. The highest BCUT2D eigenvalue weighted by molar-refractivity contribution is 7.86. The van der Waals surface area contributed by atoms with Crippen LogP contribution >= 0.6 is 0 Å². The normalized spacial score (nSPS) is 15.4. The van der Waals surface area contributed by atoms with Crippen LogP contribution in [0.25, 0.3) is 5.57 Å². The highest BCUT2D eigenvalue weighted by Crippen LogP contribution is 2.44. The number of hydrogen-bond donors (Lipinski definition) is 2. The van der Waals surface area contributed by atoms with Crippen molar-refractivity contribution in [3.8, 4) is 0 Å². The van der Waals surface area contributed by atoms with E-state index in [4.69, 9.17) is 19.0 Å². The van der Waals surface area contributed by atoms with Gasteiger partial charge in [-0.15, -0.1) is 18.2 Å². The molecule has 2 heterocycles. The maximum Gasteiger partial charge on any atom is 0.335 e. The summed E-state index contributed by atoms with van der Waals surface area (Å²) in [5.41, 5.74) is 9.63. The molecule has 20 heteroatoms. The van der Waals surface area contributed by atoms with E-state index in [0.29, 0.717) is 23.7 Å². The van der Waals surface area contributed by atoms with Gasteiger partial charge in [-0.25, -0.2) is 9.37 Å².